The van der Waals surface area contributed by atoms with Gasteiger partial charge in [-0.05, 0) is 42.8 Å². The molecule has 3 aromatic heterocycles. The molecule has 0 atom stereocenters. The maximum absolute atomic E-state index is 12.7. The van der Waals surface area contributed by atoms with Crippen LogP contribution >= 0.6 is 11.3 Å². The number of para-hydroxylation sites is 1. The van der Waals surface area contributed by atoms with E-state index >= 15 is 0 Å². The maximum atomic E-state index is 12.7. The van der Waals surface area contributed by atoms with E-state index in [2.05, 4.69) is 15.3 Å². The summed E-state index contributed by atoms with van der Waals surface area (Å²) in [6.45, 7) is 1.97. The Hall–Kier alpha value is -3.51. The summed E-state index contributed by atoms with van der Waals surface area (Å²) in [5, 5.41) is 3.46. The van der Waals surface area contributed by atoms with Crippen LogP contribution in [0.4, 0.5) is 5.69 Å². The smallest absolute Gasteiger partial charge is 0.284 e. The van der Waals surface area contributed by atoms with Crippen molar-refractivity contribution < 1.29 is 4.79 Å². The Morgan fingerprint density at radius 1 is 1.04 bits per heavy atom. The van der Waals surface area contributed by atoms with Crippen molar-refractivity contribution in [2.75, 3.05) is 5.32 Å². The zero-order valence-electron chi connectivity index (χ0n) is 15.1. The molecule has 0 saturated heterocycles. The van der Waals surface area contributed by atoms with Crippen molar-refractivity contribution in [3.8, 4) is 11.3 Å². The molecule has 28 heavy (non-hydrogen) atoms. The summed E-state index contributed by atoms with van der Waals surface area (Å²) in [4.78, 5) is 21.8. The van der Waals surface area contributed by atoms with E-state index in [1.54, 1.807) is 0 Å². The van der Waals surface area contributed by atoms with E-state index in [1.807, 2.05) is 84.4 Å². The molecule has 2 aromatic carbocycles. The number of rotatable bonds is 3. The molecule has 1 N–H and O–H groups in total. The van der Waals surface area contributed by atoms with Gasteiger partial charge >= 0.3 is 0 Å². The molecule has 0 radical (unpaired) electrons. The van der Waals surface area contributed by atoms with Crippen molar-refractivity contribution >= 4 is 38.8 Å². The summed E-state index contributed by atoms with van der Waals surface area (Å²) >= 11 is 1.40. The van der Waals surface area contributed by atoms with Gasteiger partial charge in [0, 0.05) is 23.6 Å². The van der Waals surface area contributed by atoms with Gasteiger partial charge in [0.15, 0.2) is 5.01 Å². The van der Waals surface area contributed by atoms with Gasteiger partial charge in [-0.25, -0.2) is 9.97 Å². The van der Waals surface area contributed by atoms with Crippen molar-refractivity contribution in [2.24, 2.45) is 0 Å². The number of aryl methyl sites for hydroxylation is 1. The third-order valence-corrected chi connectivity index (χ3v) is 5.67. The molecule has 0 spiro atoms. The van der Waals surface area contributed by atoms with E-state index in [1.165, 1.54) is 11.3 Å². The van der Waals surface area contributed by atoms with Crippen LogP contribution in [0, 0.1) is 6.92 Å². The Labute approximate surface area is 165 Å². The van der Waals surface area contributed by atoms with Crippen molar-refractivity contribution in [3.05, 3.63) is 83.6 Å². The topological polar surface area (TPSA) is 59.3 Å². The van der Waals surface area contributed by atoms with Crippen LogP contribution in [0.5, 0.6) is 0 Å². The Kier molecular flexibility index (Phi) is 3.91. The van der Waals surface area contributed by atoms with Gasteiger partial charge in [-0.1, -0.05) is 30.3 Å². The van der Waals surface area contributed by atoms with Crippen molar-refractivity contribution in [3.63, 3.8) is 0 Å². The zero-order valence-corrected chi connectivity index (χ0v) is 15.9. The van der Waals surface area contributed by atoms with Gasteiger partial charge in [-0.15, -0.1) is 11.3 Å². The Bertz CT molecular complexity index is 1270. The van der Waals surface area contributed by atoms with Gasteiger partial charge in [0.05, 0.1) is 15.9 Å². The number of amides is 1. The fourth-order valence-electron chi connectivity index (χ4n) is 3.13. The van der Waals surface area contributed by atoms with Crippen molar-refractivity contribution in [2.45, 2.75) is 6.92 Å². The second kappa shape index (κ2) is 6.58. The highest BCUT2D eigenvalue weighted by atomic mass is 32.1. The number of aromatic nitrogens is 3. The Balaban J connectivity index is 1.47. The third kappa shape index (κ3) is 2.93. The van der Waals surface area contributed by atoms with E-state index in [-0.39, 0.29) is 5.91 Å². The van der Waals surface area contributed by atoms with E-state index in [4.69, 9.17) is 0 Å². The van der Waals surface area contributed by atoms with Crippen LogP contribution in [-0.4, -0.2) is 20.3 Å². The number of nitrogens with one attached hydrogen (secondary N) is 1. The first-order chi connectivity index (χ1) is 13.7. The first-order valence-electron chi connectivity index (χ1n) is 8.89. The largest absolute Gasteiger partial charge is 0.320 e. The zero-order chi connectivity index (χ0) is 19.1. The number of carbonyl (C=O) groups excluding carboxylic acids is 1. The lowest BCUT2D eigenvalue weighted by molar-refractivity contribution is 0.102. The van der Waals surface area contributed by atoms with Crippen LogP contribution in [0.2, 0.25) is 0 Å². The summed E-state index contributed by atoms with van der Waals surface area (Å²) in [6.07, 6.45) is 3.95. The van der Waals surface area contributed by atoms with Crippen LogP contribution in [-0.2, 0) is 0 Å². The Morgan fingerprint density at radius 2 is 1.89 bits per heavy atom. The maximum Gasteiger partial charge on any atom is 0.284 e. The molecule has 0 aliphatic carbocycles. The summed E-state index contributed by atoms with van der Waals surface area (Å²) in [6, 6.07) is 19.6. The molecule has 0 unspecified atom stereocenters. The highest BCUT2D eigenvalue weighted by Gasteiger charge is 2.14. The molecular formula is C22H16N4OS. The van der Waals surface area contributed by atoms with Crippen LogP contribution < -0.4 is 5.32 Å². The van der Waals surface area contributed by atoms with Gasteiger partial charge in [0.1, 0.15) is 5.65 Å². The van der Waals surface area contributed by atoms with Gasteiger partial charge in [-0.3, -0.25) is 4.79 Å². The lowest BCUT2D eigenvalue weighted by atomic mass is 10.1. The molecule has 0 aliphatic rings. The average molecular weight is 384 g/mol. The lowest BCUT2D eigenvalue weighted by Gasteiger charge is -2.08. The minimum atomic E-state index is -0.198. The van der Waals surface area contributed by atoms with E-state index in [9.17, 15) is 4.79 Å². The molecule has 0 saturated carbocycles. The molecule has 5 nitrogen and oxygen atoms in total. The fraction of sp³-hybridized carbons (Fsp3) is 0.0455. The van der Waals surface area contributed by atoms with Crippen LogP contribution in [0.1, 0.15) is 15.4 Å². The fourth-order valence-corrected chi connectivity index (χ4v) is 4.00. The molecule has 0 bridgehead atoms. The monoisotopic (exact) mass is 384 g/mol. The minimum absolute atomic E-state index is 0.198. The number of benzene rings is 2. The number of thiazole rings is 1. The first kappa shape index (κ1) is 16.6. The third-order valence-electron chi connectivity index (χ3n) is 4.63. The minimum Gasteiger partial charge on any atom is -0.320 e. The average Bonchev–Trinajstić information content (AvgIpc) is 3.33. The van der Waals surface area contributed by atoms with Gasteiger partial charge in [0.2, 0.25) is 0 Å². The number of nitrogens with zero attached hydrogens (tertiary/aromatic N) is 3. The van der Waals surface area contributed by atoms with Gasteiger partial charge in [0.25, 0.3) is 5.91 Å². The number of anilines is 1. The van der Waals surface area contributed by atoms with Crippen molar-refractivity contribution in [1.29, 1.82) is 0 Å². The second-order valence-electron chi connectivity index (χ2n) is 6.56. The number of hydrogen-bond donors (Lipinski definition) is 1. The predicted molar refractivity (Wildman–Crippen MR) is 113 cm³/mol. The van der Waals surface area contributed by atoms with E-state index in [0.717, 1.165) is 38.4 Å². The molecule has 0 fully saturated rings. The molecule has 6 heteroatoms. The van der Waals surface area contributed by atoms with Crippen LogP contribution in [0.3, 0.4) is 0 Å². The molecule has 3 heterocycles. The van der Waals surface area contributed by atoms with Crippen LogP contribution in [0.25, 0.3) is 27.1 Å². The molecular weight excluding hydrogens is 368 g/mol. The normalized spacial score (nSPS) is 11.2. The molecule has 136 valence electrons. The van der Waals surface area contributed by atoms with Gasteiger partial charge in [-0.2, -0.15) is 0 Å². The van der Waals surface area contributed by atoms with E-state index < -0.39 is 0 Å². The quantitative estimate of drug-likeness (QED) is 0.467. The summed E-state index contributed by atoms with van der Waals surface area (Å²) in [5.74, 6) is -0.198. The highest BCUT2D eigenvalue weighted by Crippen LogP contribution is 2.27. The second-order valence-corrected chi connectivity index (χ2v) is 7.59. The molecule has 0 aliphatic heterocycles. The summed E-state index contributed by atoms with van der Waals surface area (Å²) in [7, 11) is 0. The first-order valence-corrected chi connectivity index (χ1v) is 9.71. The summed E-state index contributed by atoms with van der Waals surface area (Å²) in [5.41, 5.74) is 5.29. The van der Waals surface area contributed by atoms with Gasteiger partial charge < -0.3 is 9.72 Å². The molecule has 5 rings (SSSR count). The highest BCUT2D eigenvalue weighted by molar-refractivity contribution is 7.20. The predicted octanol–water partition coefficient (Wildman–Crippen LogP) is 5.17. The number of hydrogen-bond acceptors (Lipinski definition) is 4. The summed E-state index contributed by atoms with van der Waals surface area (Å²) < 4.78 is 2.98. The number of pyridine rings is 1. The number of fused-ring (bicyclic) bond motifs is 2. The SMILES string of the molecule is Cc1ccc(-c2cn3ccccc3n2)cc1NC(=O)c1nc2ccccc2s1. The van der Waals surface area contributed by atoms with Crippen molar-refractivity contribution in [1.82, 2.24) is 14.4 Å². The number of carbonyl (C=O) groups is 1. The van der Waals surface area contributed by atoms with Crippen LogP contribution in [0.15, 0.2) is 73.1 Å². The van der Waals surface area contributed by atoms with E-state index in [0.29, 0.717) is 5.01 Å². The Morgan fingerprint density at radius 3 is 2.75 bits per heavy atom. The molecule has 5 aromatic rings. The molecule has 1 amide bonds. The standard InChI is InChI=1S/C22H16N4OS/c1-14-9-10-15(18-13-26-11-5-4-8-20(26)23-18)12-17(14)24-21(27)22-25-16-6-2-3-7-19(16)28-22/h2-13H,1H3,(H,24,27). The lowest BCUT2D eigenvalue weighted by Crippen LogP contribution is -2.12. The number of imidazole rings is 1.